The lowest BCUT2D eigenvalue weighted by Crippen LogP contribution is -2.29. The van der Waals surface area contributed by atoms with Gasteiger partial charge in [-0.3, -0.25) is 0 Å². The van der Waals surface area contributed by atoms with Gasteiger partial charge in [0.05, 0.1) is 0 Å². The zero-order chi connectivity index (χ0) is 12.7. The van der Waals surface area contributed by atoms with Gasteiger partial charge in [0.25, 0.3) is 0 Å². The minimum atomic E-state index is -1.59. The molecule has 0 aliphatic rings. The van der Waals surface area contributed by atoms with E-state index in [0.717, 1.165) is 12.8 Å². The van der Waals surface area contributed by atoms with Gasteiger partial charge in [-0.15, -0.1) is 0 Å². The first kappa shape index (κ1) is 15.8. The molecular weight excluding hydrogens is 208 g/mol. The van der Waals surface area contributed by atoms with Gasteiger partial charge in [-0.1, -0.05) is 26.7 Å². The Hall–Kier alpha value is -0.160. The average molecular weight is 234 g/mol. The number of aliphatic hydroxyl groups is 4. The molecule has 0 aliphatic heterocycles. The fourth-order valence-electron chi connectivity index (χ4n) is 1.87. The Bertz CT molecular complexity index is 158. The van der Waals surface area contributed by atoms with Crippen LogP contribution in [0.3, 0.4) is 0 Å². The molecule has 0 aromatic carbocycles. The molecule has 0 aromatic heterocycles. The summed E-state index contributed by atoms with van der Waals surface area (Å²) in [7, 11) is 0. The molecule has 0 radical (unpaired) electrons. The Morgan fingerprint density at radius 3 is 1.19 bits per heavy atom. The van der Waals surface area contributed by atoms with Crippen LogP contribution in [0.5, 0.6) is 0 Å². The van der Waals surface area contributed by atoms with Gasteiger partial charge in [0.2, 0.25) is 0 Å². The normalized spacial score (nSPS) is 13.1. The van der Waals surface area contributed by atoms with Crippen molar-refractivity contribution in [1.29, 1.82) is 0 Å². The molecule has 0 atom stereocenters. The van der Waals surface area contributed by atoms with Crippen LogP contribution >= 0.6 is 0 Å². The van der Waals surface area contributed by atoms with Crippen molar-refractivity contribution in [1.82, 2.24) is 0 Å². The van der Waals surface area contributed by atoms with Crippen molar-refractivity contribution in [3.8, 4) is 0 Å². The summed E-state index contributed by atoms with van der Waals surface area (Å²) < 4.78 is 0. The second-order valence-corrected chi connectivity index (χ2v) is 4.67. The average Bonchev–Trinajstić information content (AvgIpc) is 2.12. The summed E-state index contributed by atoms with van der Waals surface area (Å²) in [5.74, 6) is -3.18. The van der Waals surface area contributed by atoms with E-state index >= 15 is 0 Å². The summed E-state index contributed by atoms with van der Waals surface area (Å²) in [4.78, 5) is 0. The molecule has 98 valence electrons. The third kappa shape index (κ3) is 8.05. The van der Waals surface area contributed by atoms with Crippen LogP contribution in [0, 0.1) is 0 Å². The summed E-state index contributed by atoms with van der Waals surface area (Å²) in [5, 5.41) is 37.9. The van der Waals surface area contributed by atoms with Crippen LogP contribution in [0.25, 0.3) is 0 Å². The number of hydrogen-bond acceptors (Lipinski definition) is 4. The predicted octanol–water partition coefficient (Wildman–Crippen LogP) is 1.51. The number of hydrogen-bond donors (Lipinski definition) is 4. The molecule has 16 heavy (non-hydrogen) atoms. The summed E-state index contributed by atoms with van der Waals surface area (Å²) in [6.07, 6.45) is 3.97. The first-order valence-corrected chi connectivity index (χ1v) is 6.22. The predicted molar refractivity (Wildman–Crippen MR) is 62.6 cm³/mol. The molecule has 0 rings (SSSR count). The summed E-state index contributed by atoms with van der Waals surface area (Å²) in [6, 6.07) is 0. The van der Waals surface area contributed by atoms with Gasteiger partial charge < -0.3 is 20.4 Å². The molecule has 0 aliphatic carbocycles. The van der Waals surface area contributed by atoms with Crippen molar-refractivity contribution < 1.29 is 20.4 Å². The molecule has 0 fully saturated rings. The van der Waals surface area contributed by atoms with E-state index in [4.69, 9.17) is 0 Å². The van der Waals surface area contributed by atoms with E-state index in [0.29, 0.717) is 38.5 Å². The highest BCUT2D eigenvalue weighted by Crippen LogP contribution is 2.21. The number of rotatable bonds is 9. The van der Waals surface area contributed by atoms with E-state index in [1.54, 1.807) is 0 Å². The molecule has 0 saturated carbocycles. The van der Waals surface area contributed by atoms with Gasteiger partial charge in [-0.25, -0.2) is 0 Å². The van der Waals surface area contributed by atoms with Gasteiger partial charge in [-0.2, -0.15) is 0 Å². The number of unbranched alkanes of at least 4 members (excludes halogenated alkanes) is 1. The lowest BCUT2D eigenvalue weighted by atomic mass is 9.99. The van der Waals surface area contributed by atoms with Crippen LogP contribution in [0.2, 0.25) is 0 Å². The maximum Gasteiger partial charge on any atom is 0.162 e. The molecule has 0 aromatic rings. The molecule has 0 unspecified atom stereocenters. The van der Waals surface area contributed by atoms with Crippen LogP contribution in [0.4, 0.5) is 0 Å². The largest absolute Gasteiger partial charge is 0.366 e. The van der Waals surface area contributed by atoms with Crippen LogP contribution in [0.15, 0.2) is 0 Å². The molecule has 4 nitrogen and oxygen atoms in total. The standard InChI is InChI=1S/C12H26O4/c1-3-7-11(13,14)9-5-6-10-12(15,16)8-4-2/h13-16H,3-10H2,1-2H3. The molecule has 0 bridgehead atoms. The molecule has 0 amide bonds. The van der Waals surface area contributed by atoms with E-state index in [-0.39, 0.29) is 0 Å². The van der Waals surface area contributed by atoms with Crippen LogP contribution in [0.1, 0.15) is 65.2 Å². The topological polar surface area (TPSA) is 80.9 Å². The van der Waals surface area contributed by atoms with Crippen molar-refractivity contribution in [2.24, 2.45) is 0 Å². The highest BCUT2D eigenvalue weighted by molar-refractivity contribution is 4.67. The van der Waals surface area contributed by atoms with Crippen molar-refractivity contribution in [2.75, 3.05) is 0 Å². The van der Waals surface area contributed by atoms with Crippen LogP contribution < -0.4 is 0 Å². The molecule has 0 heterocycles. The van der Waals surface area contributed by atoms with Gasteiger partial charge in [-0.05, 0) is 12.8 Å². The van der Waals surface area contributed by atoms with Crippen molar-refractivity contribution >= 4 is 0 Å². The molecule has 0 spiro atoms. The SMILES string of the molecule is CCCC(O)(O)CCCCC(O)(O)CCC. The van der Waals surface area contributed by atoms with Gasteiger partial charge >= 0.3 is 0 Å². The Kier molecular flexibility index (Phi) is 7.15. The van der Waals surface area contributed by atoms with Gasteiger partial charge in [0.1, 0.15) is 0 Å². The van der Waals surface area contributed by atoms with Crippen molar-refractivity contribution in [2.45, 2.75) is 76.8 Å². The monoisotopic (exact) mass is 234 g/mol. The van der Waals surface area contributed by atoms with Crippen LogP contribution in [-0.2, 0) is 0 Å². The van der Waals surface area contributed by atoms with Gasteiger partial charge in [0, 0.05) is 25.7 Å². The summed E-state index contributed by atoms with van der Waals surface area (Å²) >= 11 is 0. The van der Waals surface area contributed by atoms with E-state index in [2.05, 4.69) is 0 Å². The summed E-state index contributed by atoms with van der Waals surface area (Å²) in [6.45, 7) is 3.80. The smallest absolute Gasteiger partial charge is 0.162 e. The first-order valence-electron chi connectivity index (χ1n) is 6.22. The minimum Gasteiger partial charge on any atom is -0.366 e. The van der Waals surface area contributed by atoms with E-state index in [1.165, 1.54) is 0 Å². The second-order valence-electron chi connectivity index (χ2n) is 4.67. The minimum absolute atomic E-state index is 0.295. The second kappa shape index (κ2) is 7.22. The van der Waals surface area contributed by atoms with Crippen LogP contribution in [-0.4, -0.2) is 32.0 Å². The maximum absolute atomic E-state index is 9.48. The lowest BCUT2D eigenvalue weighted by molar-refractivity contribution is -0.180. The van der Waals surface area contributed by atoms with E-state index < -0.39 is 11.6 Å². The zero-order valence-corrected chi connectivity index (χ0v) is 10.4. The fraction of sp³-hybridized carbons (Fsp3) is 1.00. The fourth-order valence-corrected chi connectivity index (χ4v) is 1.87. The third-order valence-corrected chi connectivity index (χ3v) is 2.71. The maximum atomic E-state index is 9.48. The van der Waals surface area contributed by atoms with Crippen molar-refractivity contribution in [3.05, 3.63) is 0 Å². The molecular formula is C12H26O4. The Morgan fingerprint density at radius 1 is 0.625 bits per heavy atom. The van der Waals surface area contributed by atoms with Gasteiger partial charge in [0.15, 0.2) is 11.6 Å². The Labute approximate surface area is 97.9 Å². The van der Waals surface area contributed by atoms with Crippen molar-refractivity contribution in [3.63, 3.8) is 0 Å². The zero-order valence-electron chi connectivity index (χ0n) is 10.4. The molecule has 4 heteroatoms. The summed E-state index contributed by atoms with van der Waals surface area (Å²) in [5.41, 5.74) is 0. The molecule has 0 saturated heterocycles. The molecule has 4 N–H and O–H groups in total. The third-order valence-electron chi connectivity index (χ3n) is 2.71. The van der Waals surface area contributed by atoms with E-state index in [1.807, 2.05) is 13.8 Å². The lowest BCUT2D eigenvalue weighted by Gasteiger charge is -2.23. The Balaban J connectivity index is 3.67. The quantitative estimate of drug-likeness (QED) is 0.360. The Morgan fingerprint density at radius 2 is 0.938 bits per heavy atom. The highest BCUT2D eigenvalue weighted by atomic mass is 16.5. The first-order chi connectivity index (χ1) is 7.33. The highest BCUT2D eigenvalue weighted by Gasteiger charge is 2.23. The van der Waals surface area contributed by atoms with E-state index in [9.17, 15) is 20.4 Å².